The Labute approximate surface area is 126 Å². The average Bonchev–Trinajstić information content (AvgIpc) is 2.95. The highest BCUT2D eigenvalue weighted by Gasteiger charge is 2.28. The smallest absolute Gasteiger partial charge is 0.255 e. The van der Waals surface area contributed by atoms with Crippen LogP contribution in [0.3, 0.4) is 0 Å². The van der Waals surface area contributed by atoms with Gasteiger partial charge in [-0.3, -0.25) is 4.79 Å². The first-order chi connectivity index (χ1) is 10.0. The van der Waals surface area contributed by atoms with E-state index in [0.717, 1.165) is 30.6 Å². The molecule has 112 valence electrons. The van der Waals surface area contributed by atoms with Gasteiger partial charge in [-0.1, -0.05) is 23.5 Å². The number of hydrogen-bond donors (Lipinski definition) is 1. The summed E-state index contributed by atoms with van der Waals surface area (Å²) in [5.74, 6) is 5.91. The van der Waals surface area contributed by atoms with Gasteiger partial charge in [0.05, 0.1) is 12.1 Å². The lowest BCUT2D eigenvalue weighted by Gasteiger charge is -2.21. The maximum absolute atomic E-state index is 12.8. The van der Waals surface area contributed by atoms with Gasteiger partial charge in [0.1, 0.15) is 0 Å². The van der Waals surface area contributed by atoms with Gasteiger partial charge in [-0.25, -0.2) is 0 Å². The molecule has 1 aromatic carbocycles. The van der Waals surface area contributed by atoms with Crippen molar-refractivity contribution in [3.05, 3.63) is 34.9 Å². The maximum atomic E-state index is 12.8. The van der Waals surface area contributed by atoms with Crippen molar-refractivity contribution in [2.75, 3.05) is 33.7 Å². The molecular formula is C17H23N3O. The molecule has 1 aliphatic rings. The van der Waals surface area contributed by atoms with Crippen molar-refractivity contribution in [1.29, 1.82) is 0 Å². The molecule has 1 fully saturated rings. The van der Waals surface area contributed by atoms with E-state index in [1.165, 1.54) is 0 Å². The Morgan fingerprint density at radius 1 is 1.48 bits per heavy atom. The van der Waals surface area contributed by atoms with Crippen molar-refractivity contribution in [3.63, 3.8) is 0 Å². The molecule has 1 saturated heterocycles. The zero-order valence-electron chi connectivity index (χ0n) is 13.0. The Hall–Kier alpha value is -1.83. The van der Waals surface area contributed by atoms with E-state index in [-0.39, 0.29) is 5.91 Å². The molecule has 0 radical (unpaired) electrons. The molecule has 1 atom stereocenters. The molecular weight excluding hydrogens is 262 g/mol. The summed E-state index contributed by atoms with van der Waals surface area (Å²) in [5.41, 5.74) is 7.96. The highest BCUT2D eigenvalue weighted by atomic mass is 16.2. The van der Waals surface area contributed by atoms with E-state index in [1.807, 2.05) is 30.0 Å². The van der Waals surface area contributed by atoms with Crippen molar-refractivity contribution in [1.82, 2.24) is 9.80 Å². The number of nitrogens with zero attached hydrogens (tertiary/aromatic N) is 2. The lowest BCUT2D eigenvalue weighted by molar-refractivity contribution is 0.0782. The maximum Gasteiger partial charge on any atom is 0.255 e. The van der Waals surface area contributed by atoms with Crippen molar-refractivity contribution in [3.8, 4) is 11.8 Å². The van der Waals surface area contributed by atoms with E-state index in [0.29, 0.717) is 18.2 Å². The van der Waals surface area contributed by atoms with Crippen molar-refractivity contribution in [2.45, 2.75) is 19.4 Å². The molecule has 21 heavy (non-hydrogen) atoms. The standard InChI is InChI=1S/C17H23N3O/c1-13-6-7-14(5-4-9-18)16(11-13)17(21)20-10-8-15(12-20)19(2)3/h6-7,11,15H,8-10,12,18H2,1-3H3. The first kappa shape index (κ1) is 15.6. The topological polar surface area (TPSA) is 49.6 Å². The lowest BCUT2D eigenvalue weighted by Crippen LogP contribution is -2.34. The van der Waals surface area contributed by atoms with Gasteiger partial charge in [0, 0.05) is 24.7 Å². The SMILES string of the molecule is Cc1ccc(C#CCN)c(C(=O)N2CCC(N(C)C)C2)c1. The number of amides is 1. The normalized spacial score (nSPS) is 17.8. The number of hydrogen-bond acceptors (Lipinski definition) is 3. The van der Waals surface area contributed by atoms with E-state index in [9.17, 15) is 4.79 Å². The van der Waals surface area contributed by atoms with E-state index in [4.69, 9.17) is 5.73 Å². The molecule has 0 aliphatic carbocycles. The number of carbonyl (C=O) groups is 1. The van der Waals surface area contributed by atoms with Gasteiger partial charge in [-0.05, 0) is 39.6 Å². The average molecular weight is 285 g/mol. The van der Waals surface area contributed by atoms with Crippen LogP contribution in [0, 0.1) is 18.8 Å². The van der Waals surface area contributed by atoms with Gasteiger partial charge in [0.15, 0.2) is 0 Å². The summed E-state index contributed by atoms with van der Waals surface area (Å²) in [6, 6.07) is 6.25. The van der Waals surface area contributed by atoms with Crippen LogP contribution >= 0.6 is 0 Å². The first-order valence-corrected chi connectivity index (χ1v) is 7.28. The van der Waals surface area contributed by atoms with Crippen molar-refractivity contribution < 1.29 is 4.79 Å². The van der Waals surface area contributed by atoms with Gasteiger partial charge >= 0.3 is 0 Å². The summed E-state index contributed by atoms with van der Waals surface area (Å²) in [6.07, 6.45) is 1.02. The van der Waals surface area contributed by atoms with Crippen molar-refractivity contribution in [2.24, 2.45) is 5.73 Å². The van der Waals surface area contributed by atoms with Crippen LogP contribution in [0.5, 0.6) is 0 Å². The summed E-state index contributed by atoms with van der Waals surface area (Å²) in [5, 5.41) is 0. The molecule has 0 bridgehead atoms. The molecule has 1 aromatic rings. The van der Waals surface area contributed by atoms with Crippen molar-refractivity contribution >= 4 is 5.91 Å². The van der Waals surface area contributed by atoms with Crippen LogP contribution in [-0.2, 0) is 0 Å². The zero-order valence-corrected chi connectivity index (χ0v) is 13.0. The third-order valence-electron chi connectivity index (χ3n) is 3.91. The Kier molecular flexibility index (Phi) is 5.00. The molecule has 0 saturated carbocycles. The third kappa shape index (κ3) is 3.63. The number of rotatable bonds is 2. The predicted octanol–water partition coefficient (Wildman–Crippen LogP) is 1.08. The zero-order chi connectivity index (χ0) is 15.4. The number of carbonyl (C=O) groups excluding carboxylic acids is 1. The number of benzene rings is 1. The predicted molar refractivity (Wildman–Crippen MR) is 85.1 cm³/mol. The Bertz CT molecular complexity index is 583. The summed E-state index contributed by atoms with van der Waals surface area (Å²) in [6.45, 7) is 3.88. The minimum atomic E-state index is 0.0735. The van der Waals surface area contributed by atoms with Gasteiger partial charge in [-0.2, -0.15) is 0 Å². The van der Waals surface area contributed by atoms with Gasteiger partial charge in [0.25, 0.3) is 5.91 Å². The Morgan fingerprint density at radius 3 is 2.86 bits per heavy atom. The summed E-state index contributed by atoms with van der Waals surface area (Å²) in [4.78, 5) is 16.9. The fourth-order valence-corrected chi connectivity index (χ4v) is 2.61. The molecule has 4 heteroatoms. The molecule has 1 unspecified atom stereocenters. The van der Waals surface area contributed by atoms with Crippen LogP contribution in [0.4, 0.5) is 0 Å². The second kappa shape index (κ2) is 6.75. The minimum absolute atomic E-state index is 0.0735. The fourth-order valence-electron chi connectivity index (χ4n) is 2.61. The van der Waals surface area contributed by atoms with Gasteiger partial charge in [0.2, 0.25) is 0 Å². The summed E-state index contributed by atoms with van der Waals surface area (Å²) >= 11 is 0. The summed E-state index contributed by atoms with van der Waals surface area (Å²) < 4.78 is 0. The molecule has 1 aliphatic heterocycles. The highest BCUT2D eigenvalue weighted by Crippen LogP contribution is 2.19. The molecule has 4 nitrogen and oxygen atoms in total. The second-order valence-electron chi connectivity index (χ2n) is 5.71. The third-order valence-corrected chi connectivity index (χ3v) is 3.91. The molecule has 1 amide bonds. The van der Waals surface area contributed by atoms with E-state index >= 15 is 0 Å². The van der Waals surface area contributed by atoms with E-state index in [1.54, 1.807) is 0 Å². The number of nitrogens with two attached hydrogens (primary N) is 1. The largest absolute Gasteiger partial charge is 0.337 e. The quantitative estimate of drug-likeness (QED) is 0.827. The lowest BCUT2D eigenvalue weighted by atomic mass is 10.0. The van der Waals surface area contributed by atoms with Crippen LogP contribution in [0.1, 0.15) is 27.9 Å². The van der Waals surface area contributed by atoms with Crippen LogP contribution in [-0.4, -0.2) is 55.5 Å². The molecule has 1 heterocycles. The molecule has 0 spiro atoms. The number of likely N-dealkylation sites (tertiary alicyclic amines) is 1. The Morgan fingerprint density at radius 2 is 2.24 bits per heavy atom. The molecule has 2 rings (SSSR count). The van der Waals surface area contributed by atoms with E-state index < -0.39 is 0 Å². The Balaban J connectivity index is 2.25. The second-order valence-corrected chi connectivity index (χ2v) is 5.71. The first-order valence-electron chi connectivity index (χ1n) is 7.28. The number of likely N-dealkylation sites (N-methyl/N-ethyl adjacent to an activating group) is 1. The van der Waals surface area contributed by atoms with Crippen LogP contribution in [0.2, 0.25) is 0 Å². The van der Waals surface area contributed by atoms with Gasteiger partial charge < -0.3 is 15.5 Å². The fraction of sp³-hybridized carbons (Fsp3) is 0.471. The summed E-state index contributed by atoms with van der Waals surface area (Å²) in [7, 11) is 4.12. The van der Waals surface area contributed by atoms with Crippen LogP contribution < -0.4 is 5.73 Å². The highest BCUT2D eigenvalue weighted by molar-refractivity contribution is 5.97. The molecule has 2 N–H and O–H groups in total. The van der Waals surface area contributed by atoms with E-state index in [2.05, 4.69) is 30.8 Å². The van der Waals surface area contributed by atoms with Gasteiger partial charge in [-0.15, -0.1) is 0 Å². The minimum Gasteiger partial charge on any atom is -0.337 e. The number of aryl methyl sites for hydroxylation is 1. The monoisotopic (exact) mass is 285 g/mol. The van der Waals surface area contributed by atoms with Crippen LogP contribution in [0.25, 0.3) is 0 Å². The van der Waals surface area contributed by atoms with Crippen LogP contribution in [0.15, 0.2) is 18.2 Å². The molecule has 0 aromatic heterocycles.